The Hall–Kier alpha value is -2.85. The van der Waals surface area contributed by atoms with Crippen molar-refractivity contribution in [1.82, 2.24) is 14.1 Å². The number of nitrogens with zero attached hydrogens (tertiary/aromatic N) is 3. The molecule has 0 fully saturated rings. The molecule has 0 bridgehead atoms. The summed E-state index contributed by atoms with van der Waals surface area (Å²) in [5.74, 6) is -0.878. The molecule has 0 aliphatic rings. The summed E-state index contributed by atoms with van der Waals surface area (Å²) < 4.78 is 72.1. The molecule has 6 nitrogen and oxygen atoms in total. The van der Waals surface area contributed by atoms with Crippen molar-refractivity contribution in [1.29, 1.82) is 0 Å². The fourth-order valence-electron chi connectivity index (χ4n) is 2.45. The molecule has 3 aromatic rings. The lowest BCUT2D eigenvalue weighted by Gasteiger charge is -2.15. The molecule has 0 saturated carbocycles. The average molecular weight is 411 g/mol. The summed E-state index contributed by atoms with van der Waals surface area (Å²) in [5, 5.41) is 3.66. The Morgan fingerprint density at radius 3 is 2.00 bits per heavy atom. The van der Waals surface area contributed by atoms with Crippen LogP contribution in [0.4, 0.5) is 13.2 Å². The Balaban J connectivity index is 2.36. The van der Waals surface area contributed by atoms with E-state index in [0.717, 1.165) is 18.8 Å². The first-order chi connectivity index (χ1) is 13.1. The molecule has 1 heterocycles. The van der Waals surface area contributed by atoms with Crippen molar-refractivity contribution >= 4 is 10.3 Å². The third-order valence-corrected chi connectivity index (χ3v) is 5.07. The van der Waals surface area contributed by atoms with E-state index in [4.69, 9.17) is 4.18 Å². The van der Waals surface area contributed by atoms with E-state index < -0.39 is 27.9 Å². The fraction of sp³-hybridized carbons (Fsp3) is 0.167. The second-order valence-electron chi connectivity index (χ2n) is 5.96. The summed E-state index contributed by atoms with van der Waals surface area (Å²) in [5.41, 5.74) is -0.910. The predicted octanol–water partition coefficient (Wildman–Crippen LogP) is 3.74. The molecule has 0 atom stereocenters. The molecule has 0 aliphatic heterocycles. The lowest BCUT2D eigenvalue weighted by Crippen LogP contribution is -2.28. The first-order valence-corrected chi connectivity index (χ1v) is 9.41. The third-order valence-electron chi connectivity index (χ3n) is 3.79. The van der Waals surface area contributed by atoms with Crippen molar-refractivity contribution in [2.75, 3.05) is 14.1 Å². The quantitative estimate of drug-likeness (QED) is 0.642. The Kier molecular flexibility index (Phi) is 5.18. The number of aromatic nitrogens is 2. The van der Waals surface area contributed by atoms with Crippen LogP contribution in [0.1, 0.15) is 5.69 Å². The van der Waals surface area contributed by atoms with Gasteiger partial charge in [0.2, 0.25) is 11.4 Å². The summed E-state index contributed by atoms with van der Waals surface area (Å²) >= 11 is 0. The molecule has 0 radical (unpaired) electrons. The van der Waals surface area contributed by atoms with Gasteiger partial charge in [0, 0.05) is 19.7 Å². The van der Waals surface area contributed by atoms with Crippen LogP contribution in [0, 0.1) is 0 Å². The maximum Gasteiger partial charge on any atom is 0.438 e. The van der Waals surface area contributed by atoms with Crippen LogP contribution < -0.4 is 4.18 Å². The highest BCUT2D eigenvalue weighted by Gasteiger charge is 2.42. The Morgan fingerprint density at radius 2 is 1.50 bits per heavy atom. The van der Waals surface area contributed by atoms with Gasteiger partial charge < -0.3 is 4.18 Å². The van der Waals surface area contributed by atoms with E-state index >= 15 is 0 Å². The molecular weight excluding hydrogens is 395 g/mol. The molecule has 3 rings (SSSR count). The largest absolute Gasteiger partial charge is 0.438 e. The zero-order chi connectivity index (χ0) is 20.5. The summed E-state index contributed by atoms with van der Waals surface area (Å²) in [6, 6.07) is 16.1. The van der Waals surface area contributed by atoms with Crippen LogP contribution in [-0.2, 0) is 16.5 Å². The van der Waals surface area contributed by atoms with E-state index in [1.807, 2.05) is 0 Å². The summed E-state index contributed by atoms with van der Waals surface area (Å²) in [7, 11) is -2.14. The summed E-state index contributed by atoms with van der Waals surface area (Å²) in [4.78, 5) is 0. The number of hydrogen-bond acceptors (Lipinski definition) is 4. The zero-order valence-corrected chi connectivity index (χ0v) is 15.7. The highest BCUT2D eigenvalue weighted by molar-refractivity contribution is 7.84. The average Bonchev–Trinajstić information content (AvgIpc) is 3.02. The van der Waals surface area contributed by atoms with Crippen molar-refractivity contribution in [2.24, 2.45) is 0 Å². The van der Waals surface area contributed by atoms with E-state index in [9.17, 15) is 21.6 Å². The summed E-state index contributed by atoms with van der Waals surface area (Å²) in [6.07, 6.45) is -4.93. The van der Waals surface area contributed by atoms with Gasteiger partial charge in [-0.2, -0.15) is 31.0 Å². The van der Waals surface area contributed by atoms with Crippen molar-refractivity contribution in [3.05, 3.63) is 66.4 Å². The highest BCUT2D eigenvalue weighted by atomic mass is 32.2. The van der Waals surface area contributed by atoms with Gasteiger partial charge in [0.05, 0.1) is 5.69 Å². The molecule has 0 saturated heterocycles. The molecule has 0 N–H and O–H groups in total. The first kappa shape index (κ1) is 19.9. The van der Waals surface area contributed by atoms with Gasteiger partial charge in [-0.05, 0) is 12.1 Å². The second-order valence-corrected chi connectivity index (χ2v) is 7.71. The standard InChI is InChI=1S/C18H16F3N3O3S/c1-23(2)28(25,26)27-16-15(13-9-5-3-6-10-13)24(14-11-7-4-8-12-14)22-17(16)18(19,20)21/h3-12H,1-2H3. The number of para-hydroxylation sites is 1. The van der Waals surface area contributed by atoms with Gasteiger partial charge in [0.1, 0.15) is 5.69 Å². The molecule has 28 heavy (non-hydrogen) atoms. The summed E-state index contributed by atoms with van der Waals surface area (Å²) in [6.45, 7) is 0. The number of alkyl halides is 3. The number of halogens is 3. The van der Waals surface area contributed by atoms with Gasteiger partial charge >= 0.3 is 16.5 Å². The number of hydrogen-bond donors (Lipinski definition) is 0. The van der Waals surface area contributed by atoms with Crippen molar-refractivity contribution in [2.45, 2.75) is 6.18 Å². The topological polar surface area (TPSA) is 64.4 Å². The van der Waals surface area contributed by atoms with Crippen LogP contribution >= 0.6 is 0 Å². The predicted molar refractivity (Wildman–Crippen MR) is 97.2 cm³/mol. The normalized spacial score (nSPS) is 12.4. The van der Waals surface area contributed by atoms with Gasteiger partial charge in [0.15, 0.2) is 0 Å². The van der Waals surface area contributed by atoms with Crippen LogP contribution in [0.5, 0.6) is 5.75 Å². The third kappa shape index (κ3) is 3.87. The second kappa shape index (κ2) is 7.28. The maximum absolute atomic E-state index is 13.7. The minimum Gasteiger partial charge on any atom is -0.366 e. The van der Waals surface area contributed by atoms with Crippen molar-refractivity contribution in [3.8, 4) is 22.7 Å². The van der Waals surface area contributed by atoms with Crippen molar-refractivity contribution < 1.29 is 25.8 Å². The van der Waals surface area contributed by atoms with Crippen LogP contribution in [0.25, 0.3) is 16.9 Å². The Morgan fingerprint density at radius 1 is 0.964 bits per heavy atom. The highest BCUT2D eigenvalue weighted by Crippen LogP contribution is 2.43. The first-order valence-electron chi connectivity index (χ1n) is 8.04. The smallest absolute Gasteiger partial charge is 0.366 e. The van der Waals surface area contributed by atoms with E-state index in [0.29, 0.717) is 15.6 Å². The van der Waals surface area contributed by atoms with Gasteiger partial charge in [-0.25, -0.2) is 4.68 Å². The Bertz CT molecular complexity index is 1060. The molecule has 0 spiro atoms. The zero-order valence-electron chi connectivity index (χ0n) is 14.9. The molecule has 2 aromatic carbocycles. The molecule has 0 amide bonds. The lowest BCUT2D eigenvalue weighted by molar-refractivity contribution is -0.142. The minimum absolute atomic E-state index is 0.121. The number of benzene rings is 2. The minimum atomic E-state index is -4.93. The monoisotopic (exact) mass is 411 g/mol. The maximum atomic E-state index is 13.7. The van der Waals surface area contributed by atoms with E-state index in [2.05, 4.69) is 5.10 Å². The molecular formula is C18H16F3N3O3S. The fourth-order valence-corrected chi connectivity index (χ4v) is 2.97. The van der Waals surface area contributed by atoms with E-state index in [-0.39, 0.29) is 5.69 Å². The van der Waals surface area contributed by atoms with Gasteiger partial charge in [-0.3, -0.25) is 0 Å². The SMILES string of the molecule is CN(C)S(=O)(=O)Oc1c(C(F)(F)F)nn(-c2ccccc2)c1-c1ccccc1. The molecule has 0 unspecified atom stereocenters. The van der Waals surface area contributed by atoms with Gasteiger partial charge in [-0.1, -0.05) is 48.5 Å². The van der Waals surface area contributed by atoms with E-state index in [1.54, 1.807) is 60.7 Å². The van der Waals surface area contributed by atoms with E-state index in [1.165, 1.54) is 0 Å². The lowest BCUT2D eigenvalue weighted by atomic mass is 10.1. The molecule has 148 valence electrons. The van der Waals surface area contributed by atoms with Crippen molar-refractivity contribution in [3.63, 3.8) is 0 Å². The molecule has 10 heteroatoms. The van der Waals surface area contributed by atoms with Crippen LogP contribution in [0.3, 0.4) is 0 Å². The Labute approximate surface area is 160 Å². The van der Waals surface area contributed by atoms with Crippen LogP contribution in [0.15, 0.2) is 60.7 Å². The van der Waals surface area contributed by atoms with Gasteiger partial charge in [-0.15, -0.1) is 0 Å². The van der Waals surface area contributed by atoms with Crippen LogP contribution in [-0.4, -0.2) is 36.6 Å². The van der Waals surface area contributed by atoms with Gasteiger partial charge in [0.25, 0.3) is 0 Å². The number of rotatable bonds is 5. The molecule has 1 aromatic heterocycles. The van der Waals surface area contributed by atoms with Crippen LogP contribution in [0.2, 0.25) is 0 Å². The molecule has 0 aliphatic carbocycles.